The zero-order chi connectivity index (χ0) is 20.4. The maximum absolute atomic E-state index is 12.9. The van der Waals surface area contributed by atoms with Gasteiger partial charge in [-0.15, -0.1) is 0 Å². The number of carbonyl (C=O) groups excluding carboxylic acids is 2. The van der Waals surface area contributed by atoms with Crippen molar-refractivity contribution in [1.82, 2.24) is 4.98 Å². The number of pyridine rings is 1. The first-order valence-corrected chi connectivity index (χ1v) is 10.9. The smallest absolute Gasteiger partial charge is 0.255 e. The highest BCUT2D eigenvalue weighted by Gasteiger charge is 2.45. The molecule has 1 aromatic carbocycles. The van der Waals surface area contributed by atoms with Crippen molar-refractivity contribution >= 4 is 17.4 Å². The summed E-state index contributed by atoms with van der Waals surface area (Å²) in [5.41, 5.74) is 5.05. The van der Waals surface area contributed by atoms with Crippen LogP contribution in [0.1, 0.15) is 79.0 Å². The van der Waals surface area contributed by atoms with Gasteiger partial charge in [-0.25, -0.2) is 0 Å². The van der Waals surface area contributed by atoms with Crippen molar-refractivity contribution in [2.24, 2.45) is 5.92 Å². The molecule has 1 fully saturated rings. The molecule has 1 heterocycles. The van der Waals surface area contributed by atoms with Crippen molar-refractivity contribution < 1.29 is 9.59 Å². The lowest BCUT2D eigenvalue weighted by molar-refractivity contribution is -0.123. The maximum Gasteiger partial charge on any atom is 0.255 e. The van der Waals surface area contributed by atoms with E-state index in [-0.39, 0.29) is 11.3 Å². The molecule has 1 aromatic heterocycles. The monoisotopic (exact) mass is 390 g/mol. The molecule has 0 bridgehead atoms. The normalized spacial score (nSPS) is 23.7. The van der Waals surface area contributed by atoms with Crippen LogP contribution in [-0.2, 0) is 16.6 Å². The summed E-state index contributed by atoms with van der Waals surface area (Å²) in [6.07, 6.45) is 9.52. The zero-order valence-electron chi connectivity index (χ0n) is 17.5. The van der Waals surface area contributed by atoms with Gasteiger partial charge in [-0.05, 0) is 85.8 Å². The van der Waals surface area contributed by atoms with Gasteiger partial charge < -0.3 is 5.32 Å². The number of Topliss-reactive ketones (excluding diaryl/α,β-unsaturated/α-hetero) is 1. The average Bonchev–Trinajstić information content (AvgIpc) is 2.86. The summed E-state index contributed by atoms with van der Waals surface area (Å²) < 4.78 is 0. The van der Waals surface area contributed by atoms with Crippen LogP contribution in [0, 0.1) is 12.8 Å². The van der Waals surface area contributed by atoms with Gasteiger partial charge in [-0.3, -0.25) is 14.6 Å². The number of hydrogen-bond donors (Lipinski definition) is 1. The molecule has 4 rings (SSSR count). The fourth-order valence-electron chi connectivity index (χ4n) is 5.56. The number of aromatic nitrogens is 1. The number of aryl methyl sites for hydroxylation is 2. The first-order chi connectivity index (χ1) is 14.0. The predicted molar refractivity (Wildman–Crippen MR) is 115 cm³/mol. The van der Waals surface area contributed by atoms with Crippen LogP contribution in [0.15, 0.2) is 36.5 Å². The van der Waals surface area contributed by atoms with E-state index in [2.05, 4.69) is 29.4 Å². The second kappa shape index (κ2) is 8.10. The number of carbonyl (C=O) groups is 2. The molecular weight excluding hydrogens is 360 g/mol. The van der Waals surface area contributed by atoms with E-state index in [0.29, 0.717) is 23.7 Å². The van der Waals surface area contributed by atoms with Gasteiger partial charge in [0.1, 0.15) is 5.78 Å². The van der Waals surface area contributed by atoms with Crippen molar-refractivity contribution in [3.63, 3.8) is 0 Å². The minimum absolute atomic E-state index is 0.0898. The number of ketones is 1. The van der Waals surface area contributed by atoms with E-state index in [9.17, 15) is 9.59 Å². The van der Waals surface area contributed by atoms with Crippen LogP contribution in [0.3, 0.4) is 0 Å². The summed E-state index contributed by atoms with van der Waals surface area (Å²) in [4.78, 5) is 29.3. The topological polar surface area (TPSA) is 59.1 Å². The molecule has 1 N–H and O–H groups in total. The van der Waals surface area contributed by atoms with Crippen LogP contribution in [0.2, 0.25) is 0 Å². The largest absolute Gasteiger partial charge is 0.320 e. The lowest BCUT2D eigenvalue weighted by Crippen LogP contribution is -2.40. The van der Waals surface area contributed by atoms with E-state index in [1.54, 1.807) is 6.20 Å². The average molecular weight is 391 g/mol. The number of nitrogens with zero attached hydrogens (tertiary/aromatic N) is 1. The van der Waals surface area contributed by atoms with Crippen molar-refractivity contribution in [3.05, 3.63) is 58.9 Å². The SMILES string of the molecule is CCC[C@@]12CCC(=O)CC1CCCc1cc(C(=O)Nc3cccnc3C)ccc12. The molecule has 4 heteroatoms. The summed E-state index contributed by atoms with van der Waals surface area (Å²) in [6.45, 7) is 4.14. The molecule has 1 amide bonds. The summed E-state index contributed by atoms with van der Waals surface area (Å²) in [7, 11) is 0. The fourth-order valence-corrected chi connectivity index (χ4v) is 5.56. The summed E-state index contributed by atoms with van der Waals surface area (Å²) >= 11 is 0. The van der Waals surface area contributed by atoms with Gasteiger partial charge in [0.25, 0.3) is 5.91 Å². The lowest BCUT2D eigenvalue weighted by atomic mass is 9.59. The molecule has 152 valence electrons. The standard InChI is InChI=1S/C25H30N2O2/c1-3-12-25-13-11-21(28)16-20(25)7-4-6-18-15-19(9-10-22(18)25)24(29)27-23-8-5-14-26-17(23)2/h5,8-10,14-15,20H,3-4,6-7,11-13,16H2,1-2H3,(H,27,29)/t20?,25-/m1/s1. The first-order valence-electron chi connectivity index (χ1n) is 10.9. The Bertz CT molecular complexity index is 936. The quantitative estimate of drug-likeness (QED) is 0.762. The van der Waals surface area contributed by atoms with Crippen molar-refractivity contribution in [3.8, 4) is 0 Å². The van der Waals surface area contributed by atoms with E-state index in [0.717, 1.165) is 56.3 Å². The Balaban J connectivity index is 1.67. The second-order valence-corrected chi connectivity index (χ2v) is 8.70. The molecular formula is C25H30N2O2. The van der Waals surface area contributed by atoms with Crippen LogP contribution in [0.25, 0.3) is 0 Å². The molecule has 0 saturated heterocycles. The number of rotatable bonds is 4. The highest BCUT2D eigenvalue weighted by Crippen LogP contribution is 2.51. The van der Waals surface area contributed by atoms with Crippen LogP contribution in [0.5, 0.6) is 0 Å². The zero-order valence-corrected chi connectivity index (χ0v) is 17.5. The highest BCUT2D eigenvalue weighted by molar-refractivity contribution is 6.04. The third-order valence-electron chi connectivity index (χ3n) is 6.96. The third kappa shape index (κ3) is 3.73. The lowest BCUT2D eigenvalue weighted by Gasteiger charge is -2.44. The molecule has 2 atom stereocenters. The molecule has 2 aromatic rings. The minimum atomic E-state index is -0.0898. The Hall–Kier alpha value is -2.49. The van der Waals surface area contributed by atoms with E-state index >= 15 is 0 Å². The van der Waals surface area contributed by atoms with Gasteiger partial charge in [0.15, 0.2) is 0 Å². The van der Waals surface area contributed by atoms with E-state index in [4.69, 9.17) is 0 Å². The van der Waals surface area contributed by atoms with Gasteiger partial charge in [0.2, 0.25) is 0 Å². The van der Waals surface area contributed by atoms with Gasteiger partial charge in [-0.1, -0.05) is 19.4 Å². The molecule has 1 unspecified atom stereocenters. The number of nitrogens with one attached hydrogen (secondary N) is 1. The summed E-state index contributed by atoms with van der Waals surface area (Å²) in [6, 6.07) is 9.95. The van der Waals surface area contributed by atoms with Gasteiger partial charge in [0.05, 0.1) is 11.4 Å². The first kappa shape index (κ1) is 19.8. The molecule has 29 heavy (non-hydrogen) atoms. The van der Waals surface area contributed by atoms with Gasteiger partial charge >= 0.3 is 0 Å². The number of fused-ring (bicyclic) bond motifs is 3. The van der Waals surface area contributed by atoms with Gasteiger partial charge in [0, 0.05) is 24.6 Å². The number of amides is 1. The third-order valence-corrected chi connectivity index (χ3v) is 6.96. The van der Waals surface area contributed by atoms with E-state index in [1.807, 2.05) is 25.1 Å². The Kier molecular flexibility index (Phi) is 5.53. The number of hydrogen-bond acceptors (Lipinski definition) is 3. The van der Waals surface area contributed by atoms with Crippen molar-refractivity contribution in [2.75, 3.05) is 5.32 Å². The molecule has 0 aliphatic heterocycles. The molecule has 2 aliphatic rings. The highest BCUT2D eigenvalue weighted by atomic mass is 16.1. The van der Waals surface area contributed by atoms with E-state index < -0.39 is 0 Å². The Morgan fingerprint density at radius 2 is 2.14 bits per heavy atom. The van der Waals surface area contributed by atoms with Crippen LogP contribution >= 0.6 is 0 Å². The second-order valence-electron chi connectivity index (χ2n) is 8.70. The Morgan fingerprint density at radius 1 is 1.28 bits per heavy atom. The van der Waals surface area contributed by atoms with E-state index in [1.165, 1.54) is 11.1 Å². The number of anilines is 1. The Labute approximate surface area is 173 Å². The molecule has 1 saturated carbocycles. The molecule has 4 nitrogen and oxygen atoms in total. The summed E-state index contributed by atoms with van der Waals surface area (Å²) in [5.74, 6) is 0.781. The fraction of sp³-hybridized carbons (Fsp3) is 0.480. The van der Waals surface area contributed by atoms with Crippen LogP contribution in [0.4, 0.5) is 5.69 Å². The molecule has 0 radical (unpaired) electrons. The maximum atomic E-state index is 12.9. The van der Waals surface area contributed by atoms with Crippen molar-refractivity contribution in [2.45, 2.75) is 70.6 Å². The minimum Gasteiger partial charge on any atom is -0.320 e. The Morgan fingerprint density at radius 3 is 2.93 bits per heavy atom. The van der Waals surface area contributed by atoms with Crippen molar-refractivity contribution in [1.29, 1.82) is 0 Å². The summed E-state index contributed by atoms with van der Waals surface area (Å²) in [5, 5.41) is 3.00. The number of benzene rings is 1. The predicted octanol–water partition coefficient (Wildman–Crippen LogP) is 5.39. The molecule has 2 aliphatic carbocycles. The van der Waals surface area contributed by atoms with Crippen LogP contribution < -0.4 is 5.32 Å². The van der Waals surface area contributed by atoms with Crippen LogP contribution in [-0.4, -0.2) is 16.7 Å². The van der Waals surface area contributed by atoms with Gasteiger partial charge in [-0.2, -0.15) is 0 Å². The molecule has 0 spiro atoms.